The highest BCUT2D eigenvalue weighted by molar-refractivity contribution is 7.99. The van der Waals surface area contributed by atoms with E-state index in [4.69, 9.17) is 0 Å². The van der Waals surface area contributed by atoms with Gasteiger partial charge in [0.25, 0.3) is 5.56 Å². The van der Waals surface area contributed by atoms with E-state index in [-0.39, 0.29) is 16.7 Å². The van der Waals surface area contributed by atoms with Gasteiger partial charge in [-0.2, -0.15) is 0 Å². The number of aromatic nitrogens is 4. The van der Waals surface area contributed by atoms with Crippen molar-refractivity contribution in [3.63, 3.8) is 0 Å². The summed E-state index contributed by atoms with van der Waals surface area (Å²) in [5.74, 6) is 1.46. The maximum atomic E-state index is 12.4. The van der Waals surface area contributed by atoms with Gasteiger partial charge >= 0.3 is 5.69 Å². The second kappa shape index (κ2) is 5.87. The molecule has 0 aliphatic carbocycles. The number of hydrogen-bond acceptors (Lipinski definition) is 5. The number of rotatable bonds is 3. The Morgan fingerprint density at radius 2 is 1.73 bits per heavy atom. The Bertz CT molecular complexity index is 831. The fraction of sp³-hybridized carbons (Fsp3) is 0.600. The summed E-state index contributed by atoms with van der Waals surface area (Å²) in [5, 5.41) is 1.08. The topological polar surface area (TPSA) is 69.8 Å². The average molecular weight is 322 g/mol. The van der Waals surface area contributed by atoms with Gasteiger partial charge in [0.05, 0.1) is 0 Å². The summed E-state index contributed by atoms with van der Waals surface area (Å²) in [6.07, 6.45) is 0.684. The van der Waals surface area contributed by atoms with Crippen molar-refractivity contribution >= 4 is 22.8 Å². The Kier molecular flexibility index (Phi) is 4.47. The van der Waals surface area contributed by atoms with Gasteiger partial charge in [-0.3, -0.25) is 13.9 Å². The number of nitrogens with zero attached hydrogens (tertiary/aromatic N) is 4. The summed E-state index contributed by atoms with van der Waals surface area (Å²) in [6, 6.07) is 0. The molecule has 0 aromatic carbocycles. The molecule has 0 bridgehead atoms. The normalized spacial score (nSPS) is 12.1. The molecule has 0 unspecified atom stereocenters. The number of hydrogen-bond donors (Lipinski definition) is 0. The molecule has 2 rings (SSSR count). The van der Waals surface area contributed by atoms with Crippen LogP contribution in [0.5, 0.6) is 0 Å². The van der Waals surface area contributed by atoms with Crippen LogP contribution in [-0.4, -0.2) is 24.9 Å². The van der Waals surface area contributed by atoms with E-state index in [0.29, 0.717) is 28.3 Å². The first-order chi connectivity index (χ1) is 10.2. The van der Waals surface area contributed by atoms with Gasteiger partial charge in [-0.25, -0.2) is 14.8 Å². The standard InChI is InChI=1S/C15H22N4O2S/c1-7-22-12-10-11(16-9(17-12)8-15(2,3)4)18(5)14(21)19(6)13(10)20/h7-8H2,1-6H3. The lowest BCUT2D eigenvalue weighted by atomic mass is 9.92. The van der Waals surface area contributed by atoms with Crippen molar-refractivity contribution in [2.24, 2.45) is 19.5 Å². The van der Waals surface area contributed by atoms with Crippen LogP contribution in [0, 0.1) is 5.41 Å². The molecule has 0 aliphatic rings. The van der Waals surface area contributed by atoms with Crippen LogP contribution in [0.4, 0.5) is 0 Å². The van der Waals surface area contributed by atoms with Gasteiger partial charge in [-0.15, -0.1) is 11.8 Å². The van der Waals surface area contributed by atoms with E-state index in [1.54, 1.807) is 7.05 Å². The van der Waals surface area contributed by atoms with Crippen LogP contribution in [0.3, 0.4) is 0 Å². The molecule has 7 heteroatoms. The highest BCUT2D eigenvalue weighted by Crippen LogP contribution is 2.25. The lowest BCUT2D eigenvalue weighted by Crippen LogP contribution is -2.38. The third-order valence-electron chi connectivity index (χ3n) is 3.28. The Hall–Kier alpha value is -1.63. The van der Waals surface area contributed by atoms with Crippen LogP contribution in [0.25, 0.3) is 11.0 Å². The molecule has 22 heavy (non-hydrogen) atoms. The molecule has 0 amide bonds. The van der Waals surface area contributed by atoms with Gasteiger partial charge in [-0.05, 0) is 11.2 Å². The van der Waals surface area contributed by atoms with E-state index >= 15 is 0 Å². The first-order valence-electron chi connectivity index (χ1n) is 7.25. The lowest BCUT2D eigenvalue weighted by Gasteiger charge is -2.18. The fourth-order valence-electron chi connectivity index (χ4n) is 2.27. The summed E-state index contributed by atoms with van der Waals surface area (Å²) in [4.78, 5) is 33.6. The van der Waals surface area contributed by atoms with Crippen LogP contribution in [0.15, 0.2) is 14.6 Å². The van der Waals surface area contributed by atoms with Crippen molar-refractivity contribution in [1.82, 2.24) is 19.1 Å². The molecule has 2 aromatic heterocycles. The Labute approximate surface area is 133 Å². The summed E-state index contributed by atoms with van der Waals surface area (Å²) < 4.78 is 2.53. The molecular weight excluding hydrogens is 300 g/mol. The maximum absolute atomic E-state index is 12.4. The van der Waals surface area contributed by atoms with Crippen molar-refractivity contribution < 1.29 is 0 Å². The zero-order valence-corrected chi connectivity index (χ0v) is 14.7. The zero-order valence-electron chi connectivity index (χ0n) is 13.9. The van der Waals surface area contributed by atoms with Crippen molar-refractivity contribution in [3.8, 4) is 0 Å². The van der Waals surface area contributed by atoms with Crippen molar-refractivity contribution in [1.29, 1.82) is 0 Å². The minimum atomic E-state index is -0.370. The quantitative estimate of drug-likeness (QED) is 0.636. The van der Waals surface area contributed by atoms with Gasteiger partial charge < -0.3 is 0 Å². The Morgan fingerprint density at radius 1 is 1.09 bits per heavy atom. The molecule has 2 heterocycles. The molecule has 2 aromatic rings. The van der Waals surface area contributed by atoms with Gasteiger partial charge in [0.15, 0.2) is 5.65 Å². The summed E-state index contributed by atoms with van der Waals surface area (Å²) in [6.45, 7) is 8.33. The molecule has 0 atom stereocenters. The van der Waals surface area contributed by atoms with E-state index in [1.807, 2.05) is 6.92 Å². The molecule has 0 N–H and O–H groups in total. The van der Waals surface area contributed by atoms with Crippen LogP contribution in [-0.2, 0) is 20.5 Å². The molecule has 0 aliphatic heterocycles. The lowest BCUT2D eigenvalue weighted by molar-refractivity contribution is 0.399. The zero-order chi connectivity index (χ0) is 16.7. The minimum Gasteiger partial charge on any atom is -0.280 e. The van der Waals surface area contributed by atoms with Crippen molar-refractivity contribution in [2.45, 2.75) is 39.1 Å². The highest BCUT2D eigenvalue weighted by atomic mass is 32.2. The van der Waals surface area contributed by atoms with Crippen LogP contribution in [0.1, 0.15) is 33.5 Å². The van der Waals surface area contributed by atoms with E-state index < -0.39 is 0 Å². The third-order valence-corrected chi connectivity index (χ3v) is 4.14. The van der Waals surface area contributed by atoms with E-state index in [2.05, 4.69) is 30.7 Å². The van der Waals surface area contributed by atoms with E-state index in [0.717, 1.165) is 10.3 Å². The van der Waals surface area contributed by atoms with Crippen molar-refractivity contribution in [3.05, 3.63) is 26.7 Å². The van der Waals surface area contributed by atoms with Crippen molar-refractivity contribution in [2.75, 3.05) is 5.75 Å². The summed E-state index contributed by atoms with van der Waals surface area (Å²) in [5.41, 5.74) is -0.263. The van der Waals surface area contributed by atoms with Gasteiger partial charge in [0.1, 0.15) is 16.2 Å². The van der Waals surface area contributed by atoms with Crippen LogP contribution in [0.2, 0.25) is 0 Å². The molecule has 0 radical (unpaired) electrons. The van der Waals surface area contributed by atoms with E-state index in [1.165, 1.54) is 23.4 Å². The number of aryl methyl sites for hydroxylation is 1. The highest BCUT2D eigenvalue weighted by Gasteiger charge is 2.20. The maximum Gasteiger partial charge on any atom is 0.332 e. The smallest absolute Gasteiger partial charge is 0.280 e. The van der Waals surface area contributed by atoms with Gasteiger partial charge in [-0.1, -0.05) is 27.7 Å². The molecule has 120 valence electrons. The van der Waals surface area contributed by atoms with Gasteiger partial charge in [0, 0.05) is 20.5 Å². The average Bonchev–Trinajstić information content (AvgIpc) is 2.41. The fourth-order valence-corrected chi connectivity index (χ4v) is 3.03. The molecule has 0 saturated carbocycles. The first kappa shape index (κ1) is 16.7. The largest absolute Gasteiger partial charge is 0.332 e. The predicted octanol–water partition coefficient (Wildman–Crippen LogP) is 1.73. The molecule has 0 fully saturated rings. The number of fused-ring (bicyclic) bond motifs is 1. The van der Waals surface area contributed by atoms with Crippen LogP contribution < -0.4 is 11.2 Å². The molecule has 6 nitrogen and oxygen atoms in total. The van der Waals surface area contributed by atoms with Crippen LogP contribution >= 0.6 is 11.8 Å². The predicted molar refractivity (Wildman–Crippen MR) is 89.6 cm³/mol. The van der Waals surface area contributed by atoms with E-state index in [9.17, 15) is 9.59 Å². The van der Waals surface area contributed by atoms with Gasteiger partial charge in [0.2, 0.25) is 0 Å². The Balaban J connectivity index is 2.87. The number of thioether (sulfide) groups is 1. The molecule has 0 spiro atoms. The molecule has 0 saturated heterocycles. The summed E-state index contributed by atoms with van der Waals surface area (Å²) in [7, 11) is 3.12. The second-order valence-corrected chi connectivity index (χ2v) is 7.77. The Morgan fingerprint density at radius 3 is 2.27 bits per heavy atom. The third kappa shape index (κ3) is 3.09. The summed E-state index contributed by atoms with van der Waals surface area (Å²) >= 11 is 1.50. The first-order valence-corrected chi connectivity index (χ1v) is 8.23. The monoisotopic (exact) mass is 322 g/mol. The minimum absolute atomic E-state index is 0.0282. The molecular formula is C15H22N4O2S. The second-order valence-electron chi connectivity index (χ2n) is 6.52. The SMILES string of the molecule is CCSc1nc(CC(C)(C)C)nc2c1c(=O)n(C)c(=O)n2C.